The van der Waals surface area contributed by atoms with Crippen LogP contribution in [0, 0.1) is 0 Å². The maximum atomic E-state index is 3.77. The molecular formula is C17H28N2S. The SMILES string of the molecule is CCCN(Cc1ccc(CC)s1)C1CC2CCC(C1)N2. The molecule has 1 aromatic rings. The van der Waals surface area contributed by atoms with Gasteiger partial charge in [-0.1, -0.05) is 13.8 Å². The first-order valence-corrected chi connectivity index (χ1v) is 9.17. The minimum atomic E-state index is 0.799. The summed E-state index contributed by atoms with van der Waals surface area (Å²) in [5.74, 6) is 0. The molecule has 3 rings (SSSR count). The zero-order chi connectivity index (χ0) is 13.9. The van der Waals surface area contributed by atoms with Crippen molar-refractivity contribution in [1.29, 1.82) is 0 Å². The average molecular weight is 292 g/mol. The lowest BCUT2D eigenvalue weighted by molar-refractivity contribution is 0.135. The first kappa shape index (κ1) is 14.6. The van der Waals surface area contributed by atoms with E-state index in [4.69, 9.17) is 0 Å². The van der Waals surface area contributed by atoms with Crippen molar-refractivity contribution in [2.75, 3.05) is 6.54 Å². The van der Waals surface area contributed by atoms with Crippen LogP contribution in [-0.4, -0.2) is 29.6 Å². The van der Waals surface area contributed by atoms with Crippen LogP contribution in [0.4, 0.5) is 0 Å². The van der Waals surface area contributed by atoms with E-state index in [0.717, 1.165) is 18.1 Å². The fourth-order valence-corrected chi connectivity index (χ4v) is 4.88. The van der Waals surface area contributed by atoms with E-state index in [-0.39, 0.29) is 0 Å². The summed E-state index contributed by atoms with van der Waals surface area (Å²) in [6, 6.07) is 7.07. The smallest absolute Gasteiger partial charge is 0.0330 e. The van der Waals surface area contributed by atoms with Gasteiger partial charge < -0.3 is 5.32 Å². The van der Waals surface area contributed by atoms with E-state index < -0.39 is 0 Å². The second-order valence-corrected chi connectivity index (χ2v) is 7.71. The minimum Gasteiger partial charge on any atom is -0.311 e. The number of nitrogens with zero attached hydrogens (tertiary/aromatic N) is 1. The average Bonchev–Trinajstić information content (AvgIpc) is 3.05. The molecule has 2 atom stereocenters. The minimum absolute atomic E-state index is 0.799. The highest BCUT2D eigenvalue weighted by molar-refractivity contribution is 7.11. The van der Waals surface area contributed by atoms with Crippen molar-refractivity contribution in [2.24, 2.45) is 0 Å². The summed E-state index contributed by atoms with van der Waals surface area (Å²) in [4.78, 5) is 5.85. The van der Waals surface area contributed by atoms with Crippen LogP contribution in [0.15, 0.2) is 12.1 Å². The summed E-state index contributed by atoms with van der Waals surface area (Å²) in [5.41, 5.74) is 0. The molecule has 1 N–H and O–H groups in total. The van der Waals surface area contributed by atoms with E-state index in [1.54, 1.807) is 4.88 Å². The van der Waals surface area contributed by atoms with E-state index in [0.29, 0.717) is 0 Å². The van der Waals surface area contributed by atoms with Crippen LogP contribution in [0.2, 0.25) is 0 Å². The third-order valence-corrected chi connectivity index (χ3v) is 6.11. The van der Waals surface area contributed by atoms with Crippen LogP contribution in [-0.2, 0) is 13.0 Å². The molecule has 2 aliphatic heterocycles. The largest absolute Gasteiger partial charge is 0.311 e. The van der Waals surface area contributed by atoms with Crippen LogP contribution in [0.5, 0.6) is 0 Å². The van der Waals surface area contributed by atoms with E-state index in [9.17, 15) is 0 Å². The number of hydrogen-bond acceptors (Lipinski definition) is 3. The maximum Gasteiger partial charge on any atom is 0.0330 e. The Morgan fingerprint density at radius 3 is 2.45 bits per heavy atom. The van der Waals surface area contributed by atoms with Gasteiger partial charge in [-0.3, -0.25) is 4.90 Å². The molecular weight excluding hydrogens is 264 g/mol. The summed E-state index contributed by atoms with van der Waals surface area (Å²) in [6.45, 7) is 6.99. The Bertz CT molecular complexity index is 416. The molecule has 3 heterocycles. The molecule has 2 fully saturated rings. The third kappa shape index (κ3) is 3.26. The monoisotopic (exact) mass is 292 g/mol. The quantitative estimate of drug-likeness (QED) is 0.858. The van der Waals surface area contributed by atoms with E-state index in [2.05, 4.69) is 36.2 Å². The number of nitrogens with one attached hydrogen (secondary N) is 1. The van der Waals surface area contributed by atoms with Gasteiger partial charge in [-0.05, 0) is 57.2 Å². The van der Waals surface area contributed by atoms with Crippen LogP contribution in [0.1, 0.15) is 55.7 Å². The highest BCUT2D eigenvalue weighted by Crippen LogP contribution is 2.31. The molecule has 112 valence electrons. The lowest BCUT2D eigenvalue weighted by Gasteiger charge is -2.37. The molecule has 2 nitrogen and oxygen atoms in total. The molecule has 2 saturated heterocycles. The van der Waals surface area contributed by atoms with Crippen molar-refractivity contribution in [3.05, 3.63) is 21.9 Å². The summed E-state index contributed by atoms with van der Waals surface area (Å²) in [5, 5.41) is 3.77. The second kappa shape index (κ2) is 6.59. The number of hydrogen-bond donors (Lipinski definition) is 1. The molecule has 2 bridgehead atoms. The highest BCUT2D eigenvalue weighted by Gasteiger charge is 2.35. The lowest BCUT2D eigenvalue weighted by atomic mass is 9.98. The summed E-state index contributed by atoms with van der Waals surface area (Å²) < 4.78 is 0. The number of rotatable bonds is 6. The van der Waals surface area contributed by atoms with Gasteiger partial charge in [-0.2, -0.15) is 0 Å². The Balaban J connectivity index is 1.65. The topological polar surface area (TPSA) is 15.3 Å². The predicted molar refractivity (Wildman–Crippen MR) is 87.4 cm³/mol. The molecule has 3 heteroatoms. The molecule has 1 aromatic heterocycles. The van der Waals surface area contributed by atoms with Gasteiger partial charge in [0, 0.05) is 34.4 Å². The number of piperidine rings is 1. The van der Waals surface area contributed by atoms with Gasteiger partial charge in [-0.15, -0.1) is 11.3 Å². The van der Waals surface area contributed by atoms with Crippen molar-refractivity contribution in [3.8, 4) is 0 Å². The van der Waals surface area contributed by atoms with Gasteiger partial charge >= 0.3 is 0 Å². The summed E-state index contributed by atoms with van der Waals surface area (Å²) in [7, 11) is 0. The molecule has 0 aliphatic carbocycles. The van der Waals surface area contributed by atoms with Crippen molar-refractivity contribution in [2.45, 2.75) is 77.0 Å². The maximum absolute atomic E-state index is 3.77. The normalized spacial score (nSPS) is 29.2. The summed E-state index contributed by atoms with van der Waals surface area (Å²) >= 11 is 2.01. The Morgan fingerprint density at radius 2 is 1.85 bits per heavy atom. The highest BCUT2D eigenvalue weighted by atomic mass is 32.1. The Hall–Kier alpha value is -0.380. The molecule has 2 aliphatic rings. The molecule has 0 radical (unpaired) electrons. The van der Waals surface area contributed by atoms with E-state index in [1.807, 2.05) is 11.3 Å². The first-order valence-electron chi connectivity index (χ1n) is 8.36. The van der Waals surface area contributed by atoms with E-state index in [1.165, 1.54) is 56.5 Å². The standard InChI is InChI=1S/C17H28N2S/c1-3-9-19(12-17-8-7-16(4-2)20-17)15-10-13-5-6-14(11-15)18-13/h7-8,13-15,18H,3-6,9-12H2,1-2H3. The second-order valence-electron chi connectivity index (χ2n) is 6.46. The zero-order valence-corrected chi connectivity index (χ0v) is 13.7. The van der Waals surface area contributed by atoms with Crippen molar-refractivity contribution < 1.29 is 0 Å². The fourth-order valence-electron chi connectivity index (χ4n) is 3.90. The first-order chi connectivity index (χ1) is 9.78. The molecule has 0 amide bonds. The van der Waals surface area contributed by atoms with Crippen molar-refractivity contribution >= 4 is 11.3 Å². The molecule has 0 spiro atoms. The predicted octanol–water partition coefficient (Wildman–Crippen LogP) is 3.81. The van der Waals surface area contributed by atoms with Crippen LogP contribution in [0.25, 0.3) is 0 Å². The zero-order valence-electron chi connectivity index (χ0n) is 12.9. The molecule has 2 unspecified atom stereocenters. The number of thiophene rings is 1. The van der Waals surface area contributed by atoms with Gasteiger partial charge in [0.1, 0.15) is 0 Å². The number of aryl methyl sites for hydroxylation is 1. The molecule has 0 saturated carbocycles. The van der Waals surface area contributed by atoms with Crippen molar-refractivity contribution in [3.63, 3.8) is 0 Å². The summed E-state index contributed by atoms with van der Waals surface area (Å²) in [6.07, 6.45) is 7.98. The fraction of sp³-hybridized carbons (Fsp3) is 0.765. The molecule has 0 aromatic carbocycles. The van der Waals surface area contributed by atoms with Gasteiger partial charge in [-0.25, -0.2) is 0 Å². The van der Waals surface area contributed by atoms with Gasteiger partial charge in [0.2, 0.25) is 0 Å². The Morgan fingerprint density at radius 1 is 1.15 bits per heavy atom. The van der Waals surface area contributed by atoms with E-state index >= 15 is 0 Å². The lowest BCUT2D eigenvalue weighted by Crippen LogP contribution is -2.48. The Kier molecular flexibility index (Phi) is 4.79. The van der Waals surface area contributed by atoms with Crippen LogP contribution in [0.3, 0.4) is 0 Å². The van der Waals surface area contributed by atoms with Crippen LogP contribution >= 0.6 is 11.3 Å². The van der Waals surface area contributed by atoms with Crippen LogP contribution < -0.4 is 5.32 Å². The molecule has 20 heavy (non-hydrogen) atoms. The van der Waals surface area contributed by atoms with Gasteiger partial charge in [0.25, 0.3) is 0 Å². The number of fused-ring (bicyclic) bond motifs is 2. The van der Waals surface area contributed by atoms with Gasteiger partial charge in [0.15, 0.2) is 0 Å². The van der Waals surface area contributed by atoms with Crippen molar-refractivity contribution in [1.82, 2.24) is 10.2 Å². The third-order valence-electron chi connectivity index (χ3n) is 4.90. The Labute approximate surface area is 127 Å². The van der Waals surface area contributed by atoms with Gasteiger partial charge in [0.05, 0.1) is 0 Å².